The van der Waals surface area contributed by atoms with Crippen LogP contribution in [0.2, 0.25) is 0 Å². The van der Waals surface area contributed by atoms with Crippen LogP contribution in [0.25, 0.3) is 0 Å². The highest BCUT2D eigenvalue weighted by Crippen LogP contribution is 2.22. The minimum absolute atomic E-state index is 0.0721. The largest absolute Gasteiger partial charge is 0.481 e. The average molecular weight is 405 g/mol. The van der Waals surface area contributed by atoms with Crippen molar-refractivity contribution in [1.82, 2.24) is 5.32 Å². The number of amides is 1. The molecule has 0 bridgehead atoms. The molecule has 0 aliphatic carbocycles. The highest BCUT2D eigenvalue weighted by Gasteiger charge is 2.22. The lowest BCUT2D eigenvalue weighted by Gasteiger charge is -2.23. The lowest BCUT2D eigenvalue weighted by atomic mass is 10.0. The smallest absolute Gasteiger partial charge is 0.261 e. The molecule has 0 unspecified atom stereocenters. The van der Waals surface area contributed by atoms with E-state index < -0.39 is 16.1 Å². The number of benzene rings is 2. The molecule has 2 aromatic carbocycles. The van der Waals surface area contributed by atoms with Crippen molar-refractivity contribution in [3.05, 3.63) is 60.2 Å². The Bertz CT molecular complexity index is 867. The SMILES string of the molecule is CC[C@@H](Oc1ccc(N(C)S(C)(=O)=O)cc1)C(=O)N[C@H](CC)c1ccccc1. The van der Waals surface area contributed by atoms with Crippen molar-refractivity contribution >= 4 is 21.6 Å². The van der Waals surface area contributed by atoms with Gasteiger partial charge in [0.25, 0.3) is 5.91 Å². The van der Waals surface area contributed by atoms with Crippen molar-refractivity contribution in [2.24, 2.45) is 0 Å². The first kappa shape index (κ1) is 21.8. The van der Waals surface area contributed by atoms with Gasteiger partial charge in [-0.25, -0.2) is 8.42 Å². The molecular formula is C21H28N2O4S. The fourth-order valence-corrected chi connectivity index (χ4v) is 3.29. The molecule has 1 amide bonds. The lowest BCUT2D eigenvalue weighted by molar-refractivity contribution is -0.128. The van der Waals surface area contributed by atoms with Crippen LogP contribution in [0.3, 0.4) is 0 Å². The number of rotatable bonds is 9. The maximum atomic E-state index is 12.7. The van der Waals surface area contributed by atoms with Crippen molar-refractivity contribution in [2.75, 3.05) is 17.6 Å². The monoisotopic (exact) mass is 404 g/mol. The molecule has 2 rings (SSSR count). The van der Waals surface area contributed by atoms with Gasteiger partial charge in [0, 0.05) is 7.05 Å². The van der Waals surface area contributed by atoms with E-state index in [1.807, 2.05) is 44.2 Å². The maximum Gasteiger partial charge on any atom is 0.261 e. The third kappa shape index (κ3) is 5.73. The van der Waals surface area contributed by atoms with E-state index >= 15 is 0 Å². The number of sulfonamides is 1. The van der Waals surface area contributed by atoms with Gasteiger partial charge in [-0.1, -0.05) is 44.2 Å². The van der Waals surface area contributed by atoms with Gasteiger partial charge in [0.2, 0.25) is 10.0 Å². The molecule has 28 heavy (non-hydrogen) atoms. The minimum atomic E-state index is -3.32. The van der Waals surface area contributed by atoms with E-state index in [1.165, 1.54) is 11.4 Å². The first-order valence-electron chi connectivity index (χ1n) is 9.32. The number of hydrogen-bond donors (Lipinski definition) is 1. The predicted octanol–water partition coefficient (Wildman–Crippen LogP) is 3.51. The van der Waals surface area contributed by atoms with Crippen molar-refractivity contribution in [1.29, 1.82) is 0 Å². The number of hydrogen-bond acceptors (Lipinski definition) is 4. The van der Waals surface area contributed by atoms with E-state index in [4.69, 9.17) is 4.74 Å². The van der Waals surface area contributed by atoms with Crippen LogP contribution >= 0.6 is 0 Å². The number of nitrogens with one attached hydrogen (secondary N) is 1. The summed E-state index contributed by atoms with van der Waals surface area (Å²) >= 11 is 0. The third-order valence-electron chi connectivity index (χ3n) is 4.57. The Kier molecular flexibility index (Phi) is 7.45. The topological polar surface area (TPSA) is 75.7 Å². The standard InChI is InChI=1S/C21H28N2O4S/c1-5-19(16-10-8-7-9-11-16)22-21(24)20(6-2)27-18-14-12-17(13-15-18)23(3)28(4,25)26/h7-15,19-20H,5-6H2,1-4H3,(H,22,24)/t19-,20-/m1/s1. The van der Waals surface area contributed by atoms with Gasteiger partial charge in [-0.3, -0.25) is 9.10 Å². The van der Waals surface area contributed by atoms with Crippen LogP contribution in [0, 0.1) is 0 Å². The average Bonchev–Trinajstić information content (AvgIpc) is 2.69. The Morgan fingerprint density at radius 2 is 1.64 bits per heavy atom. The zero-order valence-corrected chi connectivity index (χ0v) is 17.6. The van der Waals surface area contributed by atoms with Gasteiger partial charge in [-0.05, 0) is 42.7 Å². The molecule has 2 aromatic rings. The van der Waals surface area contributed by atoms with E-state index in [2.05, 4.69) is 5.32 Å². The number of carbonyl (C=O) groups excluding carboxylic acids is 1. The second-order valence-electron chi connectivity index (χ2n) is 6.62. The zero-order valence-electron chi connectivity index (χ0n) is 16.8. The molecule has 0 aliphatic heterocycles. The van der Waals surface area contributed by atoms with E-state index in [0.717, 1.165) is 18.2 Å². The molecular weight excluding hydrogens is 376 g/mol. The van der Waals surface area contributed by atoms with Crippen molar-refractivity contribution in [3.63, 3.8) is 0 Å². The first-order chi connectivity index (χ1) is 13.3. The first-order valence-corrected chi connectivity index (χ1v) is 11.2. The Balaban J connectivity index is 2.05. The van der Waals surface area contributed by atoms with Crippen LogP contribution < -0.4 is 14.4 Å². The van der Waals surface area contributed by atoms with Crippen LogP contribution in [0.4, 0.5) is 5.69 Å². The van der Waals surface area contributed by atoms with Crippen LogP contribution in [-0.2, 0) is 14.8 Å². The van der Waals surface area contributed by atoms with Gasteiger partial charge < -0.3 is 10.1 Å². The highest BCUT2D eigenvalue weighted by molar-refractivity contribution is 7.92. The molecule has 0 saturated carbocycles. The number of anilines is 1. The quantitative estimate of drug-likeness (QED) is 0.694. The van der Waals surface area contributed by atoms with Crippen molar-refractivity contribution in [3.8, 4) is 5.75 Å². The van der Waals surface area contributed by atoms with Crippen LogP contribution in [-0.4, -0.2) is 33.7 Å². The molecule has 0 saturated heterocycles. The second kappa shape index (κ2) is 9.59. The molecule has 2 atom stereocenters. The Labute approximate surface area is 167 Å². The Hall–Kier alpha value is -2.54. The molecule has 6 nitrogen and oxygen atoms in total. The molecule has 0 aromatic heterocycles. The fourth-order valence-electron chi connectivity index (χ4n) is 2.78. The number of nitrogens with zero attached hydrogens (tertiary/aromatic N) is 1. The molecule has 1 N–H and O–H groups in total. The molecule has 0 fully saturated rings. The van der Waals surface area contributed by atoms with Crippen LogP contribution in [0.5, 0.6) is 5.75 Å². The minimum Gasteiger partial charge on any atom is -0.481 e. The second-order valence-corrected chi connectivity index (χ2v) is 8.63. The fraction of sp³-hybridized carbons (Fsp3) is 0.381. The summed E-state index contributed by atoms with van der Waals surface area (Å²) in [5.41, 5.74) is 1.59. The summed E-state index contributed by atoms with van der Waals surface area (Å²) < 4.78 is 30.3. The summed E-state index contributed by atoms with van der Waals surface area (Å²) in [5.74, 6) is 0.343. The summed E-state index contributed by atoms with van der Waals surface area (Å²) in [6, 6.07) is 16.4. The van der Waals surface area contributed by atoms with Crippen LogP contribution in [0.15, 0.2) is 54.6 Å². The Morgan fingerprint density at radius 1 is 1.04 bits per heavy atom. The van der Waals surface area contributed by atoms with Gasteiger partial charge >= 0.3 is 0 Å². The van der Waals surface area contributed by atoms with E-state index in [0.29, 0.717) is 17.9 Å². The number of carbonyl (C=O) groups is 1. The zero-order chi connectivity index (χ0) is 20.7. The van der Waals surface area contributed by atoms with Gasteiger partial charge in [0.05, 0.1) is 18.0 Å². The van der Waals surface area contributed by atoms with E-state index in [9.17, 15) is 13.2 Å². The van der Waals surface area contributed by atoms with E-state index in [1.54, 1.807) is 24.3 Å². The molecule has 0 heterocycles. The molecule has 152 valence electrons. The summed E-state index contributed by atoms with van der Waals surface area (Å²) in [4.78, 5) is 12.7. The molecule has 0 radical (unpaired) electrons. The molecule has 7 heteroatoms. The normalized spacial score (nSPS) is 13.4. The summed E-state index contributed by atoms with van der Waals surface area (Å²) in [7, 11) is -1.84. The van der Waals surface area contributed by atoms with Gasteiger partial charge in [-0.2, -0.15) is 0 Å². The van der Waals surface area contributed by atoms with Gasteiger partial charge in [0.15, 0.2) is 6.10 Å². The summed E-state index contributed by atoms with van der Waals surface area (Å²) in [6.07, 6.45) is 1.81. The molecule has 0 spiro atoms. The summed E-state index contributed by atoms with van der Waals surface area (Å²) in [5, 5.41) is 3.05. The third-order valence-corrected chi connectivity index (χ3v) is 5.77. The molecule has 0 aliphatic rings. The van der Waals surface area contributed by atoms with Crippen LogP contribution in [0.1, 0.15) is 38.3 Å². The van der Waals surface area contributed by atoms with Gasteiger partial charge in [-0.15, -0.1) is 0 Å². The lowest BCUT2D eigenvalue weighted by Crippen LogP contribution is -2.39. The maximum absolute atomic E-state index is 12.7. The Morgan fingerprint density at radius 3 is 2.14 bits per heavy atom. The van der Waals surface area contributed by atoms with E-state index in [-0.39, 0.29) is 11.9 Å². The number of ether oxygens (including phenoxy) is 1. The van der Waals surface area contributed by atoms with Crippen molar-refractivity contribution < 1.29 is 17.9 Å². The van der Waals surface area contributed by atoms with Gasteiger partial charge in [0.1, 0.15) is 5.75 Å². The van der Waals surface area contributed by atoms with Crippen molar-refractivity contribution in [2.45, 2.75) is 38.8 Å². The highest BCUT2D eigenvalue weighted by atomic mass is 32.2. The predicted molar refractivity (Wildman–Crippen MR) is 112 cm³/mol. The summed E-state index contributed by atoms with van der Waals surface area (Å²) in [6.45, 7) is 3.91.